The lowest BCUT2D eigenvalue weighted by Gasteiger charge is -2.13. The molecule has 1 fully saturated rings. The number of hydrogen-bond donors (Lipinski definition) is 2. The molecule has 0 saturated heterocycles. The molecule has 1 saturated carbocycles. The van der Waals surface area contributed by atoms with Crippen LogP contribution >= 0.6 is 0 Å². The molecule has 3 atom stereocenters. The number of anilines is 1. The lowest BCUT2D eigenvalue weighted by Crippen LogP contribution is -2.09. The van der Waals surface area contributed by atoms with E-state index in [1.54, 1.807) is 0 Å². The lowest BCUT2D eigenvalue weighted by molar-refractivity contribution is -0.137. The summed E-state index contributed by atoms with van der Waals surface area (Å²) >= 11 is 0. The van der Waals surface area contributed by atoms with E-state index in [2.05, 4.69) is 22.2 Å². The molecule has 0 amide bonds. The van der Waals surface area contributed by atoms with E-state index in [1.165, 1.54) is 18.5 Å². The van der Waals surface area contributed by atoms with Crippen LogP contribution in [-0.2, 0) is 12.7 Å². The smallest absolute Gasteiger partial charge is 0.393 e. The van der Waals surface area contributed by atoms with Gasteiger partial charge in [0.1, 0.15) is 17.8 Å². The predicted octanol–water partition coefficient (Wildman–Crippen LogP) is 4.21. The van der Waals surface area contributed by atoms with E-state index in [0.717, 1.165) is 35.2 Å². The first kappa shape index (κ1) is 18.7. The zero-order valence-corrected chi connectivity index (χ0v) is 15.0. The van der Waals surface area contributed by atoms with Crippen LogP contribution in [0.5, 0.6) is 0 Å². The summed E-state index contributed by atoms with van der Waals surface area (Å²) in [6, 6.07) is 7.09. The highest BCUT2D eigenvalue weighted by Gasteiger charge is 2.32. The summed E-state index contributed by atoms with van der Waals surface area (Å²) in [6.07, 6.45) is 0.0502. The van der Waals surface area contributed by atoms with Gasteiger partial charge in [-0.3, -0.25) is 0 Å². The van der Waals surface area contributed by atoms with Crippen LogP contribution < -0.4 is 5.32 Å². The first-order valence-electron chi connectivity index (χ1n) is 9.05. The Morgan fingerprint density at radius 2 is 1.89 bits per heavy atom. The quantitative estimate of drug-likeness (QED) is 0.702. The van der Waals surface area contributed by atoms with Gasteiger partial charge in [-0.05, 0) is 49.4 Å². The number of fused-ring (bicyclic) bond motifs is 1. The van der Waals surface area contributed by atoms with Crippen LogP contribution in [0, 0.1) is 12.8 Å². The number of alkyl halides is 3. The third-order valence-electron chi connectivity index (χ3n) is 5.28. The Morgan fingerprint density at radius 3 is 2.54 bits per heavy atom. The van der Waals surface area contributed by atoms with Crippen LogP contribution in [0.15, 0.2) is 42.9 Å². The fourth-order valence-electron chi connectivity index (χ4n) is 3.70. The van der Waals surface area contributed by atoms with Crippen LogP contribution in [0.25, 0.3) is 11.0 Å². The SMILES string of the molecule is [CH2][C@H]1C[C@@H](n2ccc3c(NCc4ccc(C(F)(F)F)cc4)ncnc32)C[C@@H]1O. The number of rotatable bonds is 4. The zero-order valence-electron chi connectivity index (χ0n) is 15.0. The van der Waals surface area contributed by atoms with Gasteiger partial charge >= 0.3 is 6.18 Å². The summed E-state index contributed by atoms with van der Waals surface area (Å²) in [7, 11) is 0. The summed E-state index contributed by atoms with van der Waals surface area (Å²) in [5, 5.41) is 14.0. The number of halogens is 3. The highest BCUT2D eigenvalue weighted by Crippen LogP contribution is 2.37. The number of aromatic nitrogens is 3. The molecule has 147 valence electrons. The Bertz CT molecular complexity index is 958. The fourth-order valence-corrected chi connectivity index (χ4v) is 3.70. The van der Waals surface area contributed by atoms with E-state index in [9.17, 15) is 18.3 Å². The molecule has 8 heteroatoms. The Balaban J connectivity index is 1.52. The average Bonchev–Trinajstić information content (AvgIpc) is 3.23. The first-order valence-corrected chi connectivity index (χ1v) is 9.05. The van der Waals surface area contributed by atoms with E-state index in [4.69, 9.17) is 0 Å². The second kappa shape index (κ2) is 7.09. The molecule has 5 nitrogen and oxygen atoms in total. The summed E-state index contributed by atoms with van der Waals surface area (Å²) in [4.78, 5) is 8.65. The van der Waals surface area contributed by atoms with Gasteiger partial charge in [-0.15, -0.1) is 0 Å². The molecule has 2 N–H and O–H groups in total. The van der Waals surface area contributed by atoms with E-state index in [0.29, 0.717) is 18.8 Å². The number of nitrogens with zero attached hydrogens (tertiary/aromatic N) is 3. The molecule has 1 aliphatic carbocycles. The maximum atomic E-state index is 12.7. The van der Waals surface area contributed by atoms with E-state index < -0.39 is 17.8 Å². The predicted molar refractivity (Wildman–Crippen MR) is 99.4 cm³/mol. The molecule has 0 aliphatic heterocycles. The van der Waals surface area contributed by atoms with Crippen molar-refractivity contribution in [1.29, 1.82) is 0 Å². The minimum Gasteiger partial charge on any atom is -0.393 e. The molecule has 4 rings (SSSR count). The topological polar surface area (TPSA) is 63.0 Å². The molecule has 1 radical (unpaired) electrons. The van der Waals surface area contributed by atoms with E-state index >= 15 is 0 Å². The summed E-state index contributed by atoms with van der Waals surface area (Å²) in [5.41, 5.74) is 0.814. The summed E-state index contributed by atoms with van der Waals surface area (Å²) < 4.78 is 40.0. The highest BCUT2D eigenvalue weighted by molar-refractivity contribution is 5.87. The number of aliphatic hydroxyl groups excluding tert-OH is 1. The Hall–Kier alpha value is -2.61. The van der Waals surface area contributed by atoms with Crippen molar-refractivity contribution < 1.29 is 18.3 Å². The van der Waals surface area contributed by atoms with Gasteiger partial charge < -0.3 is 15.0 Å². The third-order valence-corrected chi connectivity index (χ3v) is 5.28. The molecule has 1 aromatic carbocycles. The van der Waals surface area contributed by atoms with Crippen molar-refractivity contribution in [1.82, 2.24) is 14.5 Å². The Labute approximate surface area is 160 Å². The van der Waals surface area contributed by atoms with Crippen molar-refractivity contribution in [3.63, 3.8) is 0 Å². The fraction of sp³-hybridized carbons (Fsp3) is 0.350. The molecule has 28 heavy (non-hydrogen) atoms. The summed E-state index contributed by atoms with van der Waals surface area (Å²) in [5.74, 6) is 0.620. The monoisotopic (exact) mass is 389 g/mol. The van der Waals surface area contributed by atoms with Crippen molar-refractivity contribution in [3.05, 3.63) is 60.9 Å². The second-order valence-electron chi connectivity index (χ2n) is 7.18. The molecule has 1 aliphatic rings. The molecule has 3 aromatic rings. The molecule has 2 aromatic heterocycles. The zero-order chi connectivity index (χ0) is 19.9. The number of nitrogens with one attached hydrogen (secondary N) is 1. The lowest BCUT2D eigenvalue weighted by atomic mass is 10.1. The second-order valence-corrected chi connectivity index (χ2v) is 7.18. The van der Waals surface area contributed by atoms with Gasteiger partial charge in [-0.25, -0.2) is 9.97 Å². The van der Waals surface area contributed by atoms with E-state index in [-0.39, 0.29) is 12.0 Å². The molecule has 0 bridgehead atoms. The normalized spacial score (nSPS) is 22.7. The van der Waals surface area contributed by atoms with Crippen molar-refractivity contribution in [3.8, 4) is 0 Å². The van der Waals surface area contributed by atoms with Crippen molar-refractivity contribution >= 4 is 16.9 Å². The average molecular weight is 389 g/mol. The molecule has 0 spiro atoms. The van der Waals surface area contributed by atoms with Crippen molar-refractivity contribution in [2.24, 2.45) is 5.92 Å². The number of benzene rings is 1. The van der Waals surface area contributed by atoms with Gasteiger partial charge in [-0.2, -0.15) is 13.2 Å². The minimum atomic E-state index is -4.34. The molecular formula is C20H20F3N4O. The van der Waals surface area contributed by atoms with Crippen LogP contribution in [0.4, 0.5) is 19.0 Å². The largest absolute Gasteiger partial charge is 0.416 e. The molecule has 2 heterocycles. The minimum absolute atomic E-state index is 0.00144. The number of hydrogen-bond acceptors (Lipinski definition) is 4. The van der Waals surface area contributed by atoms with Gasteiger partial charge in [0.25, 0.3) is 0 Å². The number of aliphatic hydroxyl groups is 1. The van der Waals surface area contributed by atoms with Crippen molar-refractivity contribution in [2.45, 2.75) is 37.7 Å². The van der Waals surface area contributed by atoms with E-state index in [1.807, 2.05) is 16.8 Å². The van der Waals surface area contributed by atoms with Crippen LogP contribution in [0.3, 0.4) is 0 Å². The van der Waals surface area contributed by atoms with Crippen molar-refractivity contribution in [2.75, 3.05) is 5.32 Å². The molecule has 0 unspecified atom stereocenters. The van der Waals surface area contributed by atoms with Crippen LogP contribution in [0.1, 0.15) is 30.0 Å². The standard InChI is InChI=1S/C20H20F3N4O/c1-12-8-15(9-17(12)28)27-7-6-16-18(25-11-26-19(16)27)24-10-13-2-4-14(5-3-13)20(21,22)23/h2-7,11-12,15,17,28H,1,8-10H2,(H,24,25,26)/t12-,15+,17-/m0/s1. The molecular weight excluding hydrogens is 369 g/mol. The maximum absolute atomic E-state index is 12.7. The van der Waals surface area contributed by atoms with Gasteiger partial charge in [-0.1, -0.05) is 12.1 Å². The summed E-state index contributed by atoms with van der Waals surface area (Å²) in [6.45, 7) is 4.33. The van der Waals surface area contributed by atoms with Gasteiger partial charge in [0.2, 0.25) is 0 Å². The third kappa shape index (κ3) is 3.56. The van der Waals surface area contributed by atoms with Crippen LogP contribution in [0.2, 0.25) is 0 Å². The van der Waals surface area contributed by atoms with Gasteiger partial charge in [0.15, 0.2) is 0 Å². The van der Waals surface area contributed by atoms with Crippen LogP contribution in [-0.4, -0.2) is 25.7 Å². The first-order chi connectivity index (χ1) is 13.3. The highest BCUT2D eigenvalue weighted by atomic mass is 19.4. The Morgan fingerprint density at radius 1 is 1.14 bits per heavy atom. The maximum Gasteiger partial charge on any atom is 0.416 e. The Kier molecular flexibility index (Phi) is 4.74. The van der Waals surface area contributed by atoms with Gasteiger partial charge in [0.05, 0.1) is 17.1 Å². The van der Waals surface area contributed by atoms with Gasteiger partial charge in [0, 0.05) is 18.8 Å².